The largest absolute Gasteiger partial charge is 0.423 e. The molecule has 3 aromatic rings. The average molecular weight is 411 g/mol. The van der Waals surface area contributed by atoms with Gasteiger partial charge in [0.2, 0.25) is 11.8 Å². The molecule has 1 heterocycles. The Hall–Kier alpha value is -3.47. The summed E-state index contributed by atoms with van der Waals surface area (Å²) in [6.07, 6.45) is 3.08. The maximum absolute atomic E-state index is 13.1. The first-order valence-electron chi connectivity index (χ1n) is 10.8. The second-order valence-corrected chi connectivity index (χ2v) is 8.85. The number of hydrogen-bond acceptors (Lipinski definition) is 4. The number of fused-ring (bicyclic) bond motifs is 6. The number of rotatable bonds is 3. The molecule has 5 nitrogen and oxygen atoms in total. The van der Waals surface area contributed by atoms with E-state index < -0.39 is 5.97 Å². The molecule has 0 spiro atoms. The quantitative estimate of drug-likeness (QED) is 0.359. The van der Waals surface area contributed by atoms with Crippen LogP contribution in [0.15, 0.2) is 66.7 Å². The zero-order chi connectivity index (χ0) is 21.1. The van der Waals surface area contributed by atoms with Crippen LogP contribution in [-0.2, 0) is 9.59 Å². The van der Waals surface area contributed by atoms with E-state index >= 15 is 0 Å². The van der Waals surface area contributed by atoms with E-state index in [1.54, 1.807) is 30.3 Å². The summed E-state index contributed by atoms with van der Waals surface area (Å²) in [5.74, 6) is 0.0171. The van der Waals surface area contributed by atoms with Crippen LogP contribution in [0.4, 0.5) is 5.69 Å². The van der Waals surface area contributed by atoms with Gasteiger partial charge in [-0.3, -0.25) is 14.5 Å². The van der Waals surface area contributed by atoms with Crippen LogP contribution < -0.4 is 9.64 Å². The lowest BCUT2D eigenvalue weighted by Gasteiger charge is -2.19. The van der Waals surface area contributed by atoms with Crippen molar-refractivity contribution >= 4 is 34.2 Å². The van der Waals surface area contributed by atoms with Crippen LogP contribution in [-0.4, -0.2) is 17.8 Å². The maximum atomic E-state index is 13.1. The summed E-state index contributed by atoms with van der Waals surface area (Å²) in [5, 5.41) is 2.05. The van der Waals surface area contributed by atoms with Crippen molar-refractivity contribution in [2.45, 2.75) is 19.3 Å². The summed E-state index contributed by atoms with van der Waals surface area (Å²) in [5.41, 5.74) is 0.767. The number of nitrogens with zero attached hydrogens (tertiary/aromatic N) is 1. The molecule has 0 N–H and O–H groups in total. The molecular weight excluding hydrogens is 390 g/mol. The lowest BCUT2D eigenvalue weighted by atomic mass is 9.81. The van der Waals surface area contributed by atoms with Crippen LogP contribution in [0.2, 0.25) is 0 Å². The van der Waals surface area contributed by atoms with Crippen molar-refractivity contribution in [1.29, 1.82) is 0 Å². The Morgan fingerprint density at radius 2 is 1.52 bits per heavy atom. The molecule has 5 heteroatoms. The summed E-state index contributed by atoms with van der Waals surface area (Å²) in [7, 11) is 0. The van der Waals surface area contributed by atoms with Gasteiger partial charge in [0.1, 0.15) is 5.75 Å². The topological polar surface area (TPSA) is 63.7 Å². The third-order valence-corrected chi connectivity index (χ3v) is 7.20. The van der Waals surface area contributed by atoms with Gasteiger partial charge in [0.05, 0.1) is 23.1 Å². The third kappa shape index (κ3) is 2.80. The van der Waals surface area contributed by atoms with Gasteiger partial charge in [0.15, 0.2) is 0 Å². The van der Waals surface area contributed by atoms with Gasteiger partial charge >= 0.3 is 5.97 Å². The predicted octanol–water partition coefficient (Wildman–Crippen LogP) is 4.59. The fourth-order valence-corrected chi connectivity index (χ4v) is 5.83. The van der Waals surface area contributed by atoms with Gasteiger partial charge in [-0.15, -0.1) is 0 Å². The van der Waals surface area contributed by atoms with Crippen LogP contribution in [0.5, 0.6) is 5.75 Å². The fraction of sp³-hybridized carbons (Fsp3) is 0.269. The molecule has 154 valence electrons. The molecule has 3 aromatic carbocycles. The molecule has 3 fully saturated rings. The van der Waals surface area contributed by atoms with E-state index in [0.29, 0.717) is 28.8 Å². The Morgan fingerprint density at radius 1 is 0.806 bits per heavy atom. The van der Waals surface area contributed by atoms with Crippen LogP contribution in [0, 0.1) is 23.7 Å². The van der Waals surface area contributed by atoms with Gasteiger partial charge in [0, 0.05) is 0 Å². The van der Waals surface area contributed by atoms with Crippen molar-refractivity contribution < 1.29 is 19.1 Å². The number of hydrogen-bond donors (Lipinski definition) is 0. The molecule has 0 radical (unpaired) electrons. The standard InChI is InChI=1S/C26H21NO4/c28-24-22-17-8-9-18(12-17)23(22)25(29)27(24)20-7-3-6-19(13-20)26(30)31-21-11-10-15-4-1-2-5-16(15)14-21/h1-7,10-11,13-14,17-18,22-23H,8-9,12H2/t17-,18+,22-,23+. The van der Waals surface area contributed by atoms with Crippen molar-refractivity contribution in [3.05, 3.63) is 72.3 Å². The summed E-state index contributed by atoms with van der Waals surface area (Å²) < 4.78 is 5.57. The maximum Gasteiger partial charge on any atom is 0.343 e. The van der Waals surface area contributed by atoms with Crippen LogP contribution in [0.3, 0.4) is 0 Å². The number of carbonyl (C=O) groups excluding carboxylic acids is 3. The minimum absolute atomic E-state index is 0.109. The molecule has 4 atom stereocenters. The van der Waals surface area contributed by atoms with E-state index in [1.165, 1.54) is 4.90 Å². The monoisotopic (exact) mass is 411 g/mol. The van der Waals surface area contributed by atoms with Crippen molar-refractivity contribution in [3.8, 4) is 5.75 Å². The third-order valence-electron chi connectivity index (χ3n) is 7.20. The number of anilines is 1. The molecule has 2 amide bonds. The first-order valence-corrected chi connectivity index (χ1v) is 10.8. The average Bonchev–Trinajstić information content (AvgIpc) is 3.47. The molecule has 0 aromatic heterocycles. The Labute approximate surface area is 179 Å². The minimum Gasteiger partial charge on any atom is -0.423 e. The lowest BCUT2D eigenvalue weighted by Crippen LogP contribution is -2.32. The Bertz CT molecular complexity index is 1220. The number of ether oxygens (including phenoxy) is 1. The van der Waals surface area contributed by atoms with Crippen LogP contribution in [0.1, 0.15) is 29.6 Å². The van der Waals surface area contributed by atoms with E-state index in [-0.39, 0.29) is 23.7 Å². The zero-order valence-corrected chi connectivity index (χ0v) is 16.9. The zero-order valence-electron chi connectivity index (χ0n) is 16.9. The Morgan fingerprint density at radius 3 is 2.26 bits per heavy atom. The van der Waals surface area contributed by atoms with Gasteiger partial charge < -0.3 is 4.74 Å². The van der Waals surface area contributed by atoms with Crippen LogP contribution >= 0.6 is 0 Å². The van der Waals surface area contributed by atoms with Crippen molar-refractivity contribution in [3.63, 3.8) is 0 Å². The molecule has 0 unspecified atom stereocenters. The molecule has 2 aliphatic carbocycles. The Balaban J connectivity index is 1.26. The first-order chi connectivity index (χ1) is 15.1. The summed E-state index contributed by atoms with van der Waals surface area (Å²) in [6, 6.07) is 20.0. The Kier molecular flexibility index (Phi) is 4.00. The molecule has 1 saturated heterocycles. The van der Waals surface area contributed by atoms with E-state index in [0.717, 1.165) is 30.0 Å². The van der Waals surface area contributed by atoms with E-state index in [9.17, 15) is 14.4 Å². The lowest BCUT2D eigenvalue weighted by molar-refractivity contribution is -0.123. The SMILES string of the molecule is O=C(Oc1ccc2ccccc2c1)c1cccc(N2C(=O)[C@@H]3[C@@H]4CC[C@@H](C4)[C@@H]3C2=O)c1. The van der Waals surface area contributed by atoms with Crippen LogP contribution in [0.25, 0.3) is 10.8 Å². The molecular formula is C26H21NO4. The van der Waals surface area contributed by atoms with Crippen molar-refractivity contribution in [2.75, 3.05) is 4.90 Å². The highest BCUT2D eigenvalue weighted by atomic mass is 16.5. The summed E-state index contributed by atoms with van der Waals surface area (Å²) in [4.78, 5) is 40.2. The highest BCUT2D eigenvalue weighted by molar-refractivity contribution is 6.22. The number of esters is 1. The van der Waals surface area contributed by atoms with Gasteiger partial charge in [-0.25, -0.2) is 4.79 Å². The van der Waals surface area contributed by atoms with E-state index in [1.807, 2.05) is 36.4 Å². The van der Waals surface area contributed by atoms with Crippen molar-refractivity contribution in [1.82, 2.24) is 0 Å². The second kappa shape index (κ2) is 6.77. The molecule has 3 aliphatic rings. The molecule has 2 bridgehead atoms. The second-order valence-electron chi connectivity index (χ2n) is 8.85. The normalized spacial score (nSPS) is 26.5. The van der Waals surface area contributed by atoms with Gasteiger partial charge in [0.25, 0.3) is 0 Å². The summed E-state index contributed by atoms with van der Waals surface area (Å²) >= 11 is 0. The number of benzene rings is 3. The predicted molar refractivity (Wildman–Crippen MR) is 116 cm³/mol. The van der Waals surface area contributed by atoms with E-state index in [4.69, 9.17) is 4.74 Å². The smallest absolute Gasteiger partial charge is 0.343 e. The highest BCUT2D eigenvalue weighted by Crippen LogP contribution is 2.56. The first kappa shape index (κ1) is 18.3. The van der Waals surface area contributed by atoms with Gasteiger partial charge in [-0.1, -0.05) is 36.4 Å². The number of imide groups is 1. The number of amides is 2. The number of carbonyl (C=O) groups is 3. The van der Waals surface area contributed by atoms with Gasteiger partial charge in [-0.05, 0) is 72.2 Å². The molecule has 2 saturated carbocycles. The fourth-order valence-electron chi connectivity index (χ4n) is 5.83. The molecule has 6 rings (SSSR count). The highest BCUT2D eigenvalue weighted by Gasteiger charge is 2.61. The molecule has 1 aliphatic heterocycles. The minimum atomic E-state index is -0.517. The van der Waals surface area contributed by atoms with Crippen molar-refractivity contribution in [2.24, 2.45) is 23.7 Å². The summed E-state index contributed by atoms with van der Waals surface area (Å²) in [6.45, 7) is 0. The van der Waals surface area contributed by atoms with E-state index in [2.05, 4.69) is 0 Å². The van der Waals surface area contributed by atoms with Gasteiger partial charge in [-0.2, -0.15) is 0 Å². The molecule has 31 heavy (non-hydrogen) atoms.